The molecule has 4 unspecified atom stereocenters. The third-order valence-electron chi connectivity index (χ3n) is 11.0. The molecule has 64 heavy (non-hydrogen) atoms. The van der Waals surface area contributed by atoms with Crippen molar-refractivity contribution >= 4 is 30.0 Å². The van der Waals surface area contributed by atoms with Gasteiger partial charge in [-0.1, -0.05) is 121 Å². The number of alkyl carbamates (subject to hydrolysis) is 2. The van der Waals surface area contributed by atoms with Crippen molar-refractivity contribution < 1.29 is 43.3 Å². The van der Waals surface area contributed by atoms with Gasteiger partial charge in [-0.2, -0.15) is 0 Å². The van der Waals surface area contributed by atoms with Crippen LogP contribution in [0.15, 0.2) is 135 Å². The van der Waals surface area contributed by atoms with Gasteiger partial charge >= 0.3 is 18.2 Å². The molecule has 0 spiro atoms. The summed E-state index contributed by atoms with van der Waals surface area (Å²) in [5.41, 5.74) is 6.09. The van der Waals surface area contributed by atoms with E-state index in [1.807, 2.05) is 109 Å². The first-order valence-electron chi connectivity index (χ1n) is 21.9. The minimum Gasteiger partial charge on any atom is -0.462 e. The lowest BCUT2D eigenvalue weighted by Crippen LogP contribution is -2.46. The maximum Gasteiger partial charge on any atom is 0.407 e. The van der Waals surface area contributed by atoms with Gasteiger partial charge in [0.2, 0.25) is 11.8 Å². The van der Waals surface area contributed by atoms with E-state index < -0.39 is 54.0 Å². The van der Waals surface area contributed by atoms with Crippen molar-refractivity contribution in [2.75, 3.05) is 26.4 Å². The monoisotopic (exact) mass is 872 g/mol. The molecule has 4 atom stereocenters. The Bertz CT molecular complexity index is 2100. The maximum atomic E-state index is 13.8. The van der Waals surface area contributed by atoms with Gasteiger partial charge in [-0.25, -0.2) is 14.4 Å². The van der Waals surface area contributed by atoms with Crippen LogP contribution < -0.4 is 21.3 Å². The number of allylic oxidation sites excluding steroid dienone is 2. The summed E-state index contributed by atoms with van der Waals surface area (Å²) in [5, 5.41) is 21.2. The van der Waals surface area contributed by atoms with Crippen molar-refractivity contribution in [1.29, 1.82) is 0 Å². The van der Waals surface area contributed by atoms with Gasteiger partial charge in [-0.15, -0.1) is 13.2 Å². The van der Waals surface area contributed by atoms with E-state index in [-0.39, 0.29) is 51.6 Å². The van der Waals surface area contributed by atoms with Crippen molar-refractivity contribution in [2.24, 2.45) is 5.92 Å². The predicted molar refractivity (Wildman–Crippen MR) is 245 cm³/mol. The van der Waals surface area contributed by atoms with Crippen LogP contribution in [0.2, 0.25) is 0 Å². The average molecular weight is 873 g/mol. The number of unbranched alkanes of at least 4 members (excludes halogenated alkanes) is 1. The molecule has 4 aromatic carbocycles. The fraction of sp³-hybridized carbons (Fsp3) is 0.353. The maximum absolute atomic E-state index is 13.8. The Morgan fingerprint density at radius 1 is 0.672 bits per heavy atom. The number of carbonyl (C=O) groups excluding carboxylic acids is 5. The second kappa shape index (κ2) is 26.0. The standard InChI is InChI=1S/C51H60N4O9/c1-3-5-28-46(55-51(61)64-35-45-43-26-14-12-24-41(43)42-25-13-15-27-44(42)45)49(59)62-34-39(23-16-17-29-52-50(60)63-33-37-21-10-7-11-22-37)54-48(58)38(18-4-2)31-47(57)53-40(32-56)30-36-19-8-6-9-20-36/h3-4,6-15,19-22,24-27,38-40,45-46,56H,1-2,5,16-18,23,28-35H2,(H,52,60)(H,53,57)(H,54,58)(H,55,61). The van der Waals surface area contributed by atoms with Crippen LogP contribution >= 0.6 is 0 Å². The Balaban J connectivity index is 1.18. The molecule has 0 saturated carbocycles. The van der Waals surface area contributed by atoms with E-state index in [0.29, 0.717) is 38.6 Å². The number of ether oxygens (including phenoxy) is 3. The van der Waals surface area contributed by atoms with Gasteiger partial charge in [-0.3, -0.25) is 9.59 Å². The van der Waals surface area contributed by atoms with Crippen LogP contribution in [0.1, 0.15) is 73.1 Å². The van der Waals surface area contributed by atoms with Crippen molar-refractivity contribution in [3.63, 3.8) is 0 Å². The number of amides is 4. The fourth-order valence-corrected chi connectivity index (χ4v) is 7.65. The molecule has 4 aromatic rings. The molecular weight excluding hydrogens is 813 g/mol. The summed E-state index contributed by atoms with van der Waals surface area (Å²) in [4.78, 5) is 66.2. The molecule has 0 bridgehead atoms. The van der Waals surface area contributed by atoms with Crippen molar-refractivity contribution in [1.82, 2.24) is 21.3 Å². The summed E-state index contributed by atoms with van der Waals surface area (Å²) in [5.74, 6) is -2.54. The highest BCUT2D eigenvalue weighted by Gasteiger charge is 2.31. The number of hydrogen-bond donors (Lipinski definition) is 5. The lowest BCUT2D eigenvalue weighted by Gasteiger charge is -2.24. The van der Waals surface area contributed by atoms with Crippen LogP contribution in [-0.4, -0.2) is 79.6 Å². The highest BCUT2D eigenvalue weighted by molar-refractivity contribution is 5.86. The number of fused-ring (bicyclic) bond motifs is 3. The van der Waals surface area contributed by atoms with E-state index >= 15 is 0 Å². The van der Waals surface area contributed by atoms with E-state index in [1.165, 1.54) is 0 Å². The molecule has 338 valence electrons. The summed E-state index contributed by atoms with van der Waals surface area (Å²) in [6, 6.07) is 32.5. The number of aliphatic hydroxyl groups is 1. The normalized spacial score (nSPS) is 13.4. The largest absolute Gasteiger partial charge is 0.462 e. The number of carbonyl (C=O) groups is 5. The van der Waals surface area contributed by atoms with Gasteiger partial charge in [0.1, 0.15) is 25.9 Å². The molecule has 0 aromatic heterocycles. The molecule has 0 saturated heterocycles. The smallest absolute Gasteiger partial charge is 0.407 e. The molecule has 13 heteroatoms. The SMILES string of the molecule is C=CCCC(NC(=O)OCC1c2ccccc2-c2ccccc21)C(=O)OCC(CCCCNC(=O)OCc1ccccc1)NC(=O)C(CC=C)CC(=O)NC(CO)Cc1ccccc1. The van der Waals surface area contributed by atoms with Crippen LogP contribution in [0.4, 0.5) is 9.59 Å². The first-order chi connectivity index (χ1) is 31.2. The van der Waals surface area contributed by atoms with Crippen molar-refractivity contribution in [3.8, 4) is 11.1 Å². The van der Waals surface area contributed by atoms with Crippen molar-refractivity contribution in [3.05, 3.63) is 157 Å². The molecule has 1 aliphatic rings. The lowest BCUT2D eigenvalue weighted by molar-refractivity contribution is -0.147. The minimum absolute atomic E-state index is 0.0639. The number of benzene rings is 4. The molecule has 0 aliphatic heterocycles. The van der Waals surface area contributed by atoms with Crippen LogP contribution in [-0.2, 0) is 41.6 Å². The van der Waals surface area contributed by atoms with E-state index in [4.69, 9.17) is 14.2 Å². The van der Waals surface area contributed by atoms with Crippen LogP contribution in [0.3, 0.4) is 0 Å². The fourth-order valence-electron chi connectivity index (χ4n) is 7.65. The molecule has 13 nitrogen and oxygen atoms in total. The number of nitrogens with one attached hydrogen (secondary N) is 4. The number of aliphatic hydroxyl groups excluding tert-OH is 1. The summed E-state index contributed by atoms with van der Waals surface area (Å²) in [6.45, 7) is 7.53. The second-order valence-electron chi connectivity index (χ2n) is 15.8. The highest BCUT2D eigenvalue weighted by Crippen LogP contribution is 2.44. The molecule has 0 radical (unpaired) electrons. The predicted octanol–water partition coefficient (Wildman–Crippen LogP) is 7.29. The van der Waals surface area contributed by atoms with Crippen LogP contribution in [0, 0.1) is 5.92 Å². The Labute approximate surface area is 375 Å². The quantitative estimate of drug-likeness (QED) is 0.0187. The van der Waals surface area contributed by atoms with E-state index in [0.717, 1.165) is 33.4 Å². The molecule has 0 fully saturated rings. The van der Waals surface area contributed by atoms with Gasteiger partial charge in [0, 0.05) is 18.9 Å². The molecule has 4 amide bonds. The number of rotatable bonds is 26. The van der Waals surface area contributed by atoms with E-state index in [1.54, 1.807) is 12.2 Å². The molecule has 5 N–H and O–H groups in total. The number of hydrogen-bond acceptors (Lipinski definition) is 9. The Morgan fingerprint density at radius 2 is 1.31 bits per heavy atom. The minimum atomic E-state index is -1.07. The summed E-state index contributed by atoms with van der Waals surface area (Å²) in [7, 11) is 0. The third kappa shape index (κ3) is 15.3. The van der Waals surface area contributed by atoms with Crippen LogP contribution in [0.5, 0.6) is 0 Å². The molecule has 5 rings (SSSR count). The highest BCUT2D eigenvalue weighted by atomic mass is 16.6. The summed E-state index contributed by atoms with van der Waals surface area (Å²) >= 11 is 0. The summed E-state index contributed by atoms with van der Waals surface area (Å²) in [6.07, 6.45) is 4.29. The summed E-state index contributed by atoms with van der Waals surface area (Å²) < 4.78 is 16.8. The molecule has 0 heterocycles. The average Bonchev–Trinajstić information content (AvgIpc) is 3.63. The van der Waals surface area contributed by atoms with Gasteiger partial charge in [0.25, 0.3) is 0 Å². The first-order valence-corrected chi connectivity index (χ1v) is 21.9. The Hall–Kier alpha value is -6.73. The lowest BCUT2D eigenvalue weighted by atomic mass is 9.98. The number of esters is 1. The topological polar surface area (TPSA) is 181 Å². The van der Waals surface area contributed by atoms with Gasteiger partial charge in [0.15, 0.2) is 0 Å². The van der Waals surface area contributed by atoms with Crippen LogP contribution in [0.25, 0.3) is 11.1 Å². The molecule has 1 aliphatic carbocycles. The zero-order chi connectivity index (χ0) is 45.5. The van der Waals surface area contributed by atoms with Gasteiger partial charge < -0.3 is 40.6 Å². The zero-order valence-electron chi connectivity index (χ0n) is 36.3. The zero-order valence-corrected chi connectivity index (χ0v) is 36.3. The van der Waals surface area contributed by atoms with E-state index in [9.17, 15) is 29.1 Å². The Morgan fingerprint density at radius 3 is 1.95 bits per heavy atom. The van der Waals surface area contributed by atoms with Gasteiger partial charge in [0.05, 0.1) is 24.6 Å². The molecular formula is C51H60N4O9. The second-order valence-corrected chi connectivity index (χ2v) is 15.8. The third-order valence-corrected chi connectivity index (χ3v) is 11.0. The van der Waals surface area contributed by atoms with E-state index in [2.05, 4.69) is 34.4 Å². The first kappa shape index (κ1) is 48.3. The van der Waals surface area contributed by atoms with Crippen molar-refractivity contribution in [2.45, 2.75) is 82.0 Å². The van der Waals surface area contributed by atoms with Gasteiger partial charge in [-0.05, 0) is 78.3 Å². The Kier molecular flexibility index (Phi) is 19.6.